The molecule has 1 aromatic carbocycles. The molecule has 0 saturated heterocycles. The second-order valence-electron chi connectivity index (χ2n) is 6.10. The van der Waals surface area contributed by atoms with Gasteiger partial charge in [0.25, 0.3) is 0 Å². The molecule has 0 aliphatic rings. The van der Waals surface area contributed by atoms with Crippen molar-refractivity contribution in [2.45, 2.75) is 11.9 Å². The summed E-state index contributed by atoms with van der Waals surface area (Å²) in [6.07, 6.45) is 1.71. The third-order valence-electron chi connectivity index (χ3n) is 4.04. The average Bonchev–Trinajstić information content (AvgIpc) is 2.77. The molecule has 0 atom stereocenters. The number of pyridine rings is 1. The summed E-state index contributed by atoms with van der Waals surface area (Å²) < 4.78 is 15.9. The minimum Gasteiger partial charge on any atom is -0.493 e. The quantitative estimate of drug-likeness (QED) is 0.431. The normalized spacial score (nSPS) is 10.4. The Hall–Kier alpha value is -3.33. The number of carbonyl (C=O) groups is 1. The minimum atomic E-state index is -0.190. The smallest absolute Gasteiger partial charge is 0.234 e. The first kappa shape index (κ1) is 21.4. The van der Waals surface area contributed by atoms with Crippen molar-refractivity contribution in [2.75, 3.05) is 32.4 Å². The monoisotopic (exact) mass is 426 g/mol. The Balaban J connectivity index is 1.70. The molecule has 0 radical (unpaired) electrons. The lowest BCUT2D eigenvalue weighted by Crippen LogP contribution is -2.14. The number of benzene rings is 1. The van der Waals surface area contributed by atoms with Crippen LogP contribution >= 0.6 is 11.8 Å². The Kier molecular flexibility index (Phi) is 7.08. The van der Waals surface area contributed by atoms with Crippen molar-refractivity contribution in [3.8, 4) is 28.6 Å². The highest BCUT2D eigenvalue weighted by atomic mass is 32.2. The lowest BCUT2D eigenvalue weighted by atomic mass is 10.2. The standard InChI is InChI=1S/C21H22N4O4S/c1-13-23-16(15-7-5-6-8-22-15)11-20(24-13)30-12-19(26)25-14-9-17(27-2)21(29-4)18(10-14)28-3/h5-11H,12H2,1-4H3,(H,25,26). The second-order valence-corrected chi connectivity index (χ2v) is 7.10. The summed E-state index contributed by atoms with van der Waals surface area (Å²) in [5, 5.41) is 3.54. The van der Waals surface area contributed by atoms with E-state index in [1.807, 2.05) is 31.2 Å². The van der Waals surface area contributed by atoms with E-state index < -0.39 is 0 Å². The number of aromatic nitrogens is 3. The predicted molar refractivity (Wildman–Crippen MR) is 115 cm³/mol. The van der Waals surface area contributed by atoms with Crippen LogP contribution in [-0.2, 0) is 4.79 Å². The van der Waals surface area contributed by atoms with Crippen molar-refractivity contribution in [3.63, 3.8) is 0 Å². The van der Waals surface area contributed by atoms with Crippen LogP contribution in [0.2, 0.25) is 0 Å². The van der Waals surface area contributed by atoms with Gasteiger partial charge in [-0.3, -0.25) is 9.78 Å². The van der Waals surface area contributed by atoms with Crippen molar-refractivity contribution in [1.29, 1.82) is 0 Å². The lowest BCUT2D eigenvalue weighted by molar-refractivity contribution is -0.113. The van der Waals surface area contributed by atoms with Crippen LogP contribution < -0.4 is 19.5 Å². The molecule has 0 unspecified atom stereocenters. The maximum atomic E-state index is 12.5. The number of nitrogens with zero attached hydrogens (tertiary/aromatic N) is 3. The topological polar surface area (TPSA) is 95.5 Å². The molecule has 0 aliphatic heterocycles. The van der Waals surface area contributed by atoms with Gasteiger partial charge in [-0.2, -0.15) is 0 Å². The highest BCUT2D eigenvalue weighted by Crippen LogP contribution is 2.40. The zero-order chi connectivity index (χ0) is 21.5. The van der Waals surface area contributed by atoms with Crippen molar-refractivity contribution < 1.29 is 19.0 Å². The summed E-state index contributed by atoms with van der Waals surface area (Å²) >= 11 is 1.32. The fourth-order valence-corrected chi connectivity index (χ4v) is 3.49. The number of anilines is 1. The van der Waals surface area contributed by atoms with Crippen LogP contribution in [0.25, 0.3) is 11.4 Å². The molecule has 8 nitrogen and oxygen atoms in total. The first-order valence-electron chi connectivity index (χ1n) is 9.03. The SMILES string of the molecule is COc1cc(NC(=O)CSc2cc(-c3ccccn3)nc(C)n2)cc(OC)c1OC. The Morgan fingerprint density at radius 3 is 2.33 bits per heavy atom. The Morgan fingerprint density at radius 2 is 1.73 bits per heavy atom. The number of aryl methyl sites for hydroxylation is 1. The van der Waals surface area contributed by atoms with Gasteiger partial charge in [-0.25, -0.2) is 9.97 Å². The molecule has 0 spiro atoms. The van der Waals surface area contributed by atoms with Gasteiger partial charge in [0, 0.05) is 24.0 Å². The summed E-state index contributed by atoms with van der Waals surface area (Å²) in [4.78, 5) is 25.6. The number of nitrogens with one attached hydrogen (secondary N) is 1. The molecule has 30 heavy (non-hydrogen) atoms. The van der Waals surface area contributed by atoms with Gasteiger partial charge in [0.15, 0.2) is 11.5 Å². The van der Waals surface area contributed by atoms with Gasteiger partial charge >= 0.3 is 0 Å². The van der Waals surface area contributed by atoms with Gasteiger partial charge in [0.05, 0.1) is 38.5 Å². The van der Waals surface area contributed by atoms with E-state index in [0.717, 1.165) is 11.4 Å². The first-order valence-corrected chi connectivity index (χ1v) is 10.0. The van der Waals surface area contributed by atoms with E-state index in [-0.39, 0.29) is 11.7 Å². The Morgan fingerprint density at radius 1 is 1.00 bits per heavy atom. The van der Waals surface area contributed by atoms with Gasteiger partial charge in [-0.15, -0.1) is 0 Å². The van der Waals surface area contributed by atoms with Crippen LogP contribution in [0.15, 0.2) is 47.6 Å². The van der Waals surface area contributed by atoms with Crippen molar-refractivity contribution in [2.24, 2.45) is 0 Å². The van der Waals surface area contributed by atoms with Crippen LogP contribution in [0, 0.1) is 6.92 Å². The number of amides is 1. The lowest BCUT2D eigenvalue weighted by Gasteiger charge is -2.14. The molecular formula is C21H22N4O4S. The van der Waals surface area contributed by atoms with Crippen LogP contribution in [0.3, 0.4) is 0 Å². The van der Waals surface area contributed by atoms with Crippen molar-refractivity contribution in [1.82, 2.24) is 15.0 Å². The molecule has 1 amide bonds. The largest absolute Gasteiger partial charge is 0.493 e. The van der Waals surface area contributed by atoms with E-state index >= 15 is 0 Å². The summed E-state index contributed by atoms with van der Waals surface area (Å²) in [5.41, 5.74) is 2.02. The number of hydrogen-bond acceptors (Lipinski definition) is 8. The Labute approximate surface area is 179 Å². The van der Waals surface area contributed by atoms with E-state index in [4.69, 9.17) is 14.2 Å². The highest BCUT2D eigenvalue weighted by molar-refractivity contribution is 7.99. The van der Waals surface area contributed by atoms with Crippen LogP contribution in [0.5, 0.6) is 17.2 Å². The number of hydrogen-bond donors (Lipinski definition) is 1. The van der Waals surface area contributed by atoms with E-state index in [9.17, 15) is 4.79 Å². The average molecular weight is 426 g/mol. The third kappa shape index (κ3) is 5.18. The summed E-state index contributed by atoms with van der Waals surface area (Å²) in [5.74, 6) is 1.99. The molecule has 3 rings (SSSR count). The third-order valence-corrected chi connectivity index (χ3v) is 4.95. The van der Waals surface area contributed by atoms with Gasteiger partial charge in [-0.1, -0.05) is 17.8 Å². The molecule has 0 bridgehead atoms. The maximum Gasteiger partial charge on any atom is 0.234 e. The summed E-state index contributed by atoms with van der Waals surface area (Å²) in [7, 11) is 4.57. The zero-order valence-electron chi connectivity index (χ0n) is 17.1. The first-order chi connectivity index (χ1) is 14.5. The molecule has 1 N–H and O–H groups in total. The van der Waals surface area contributed by atoms with E-state index in [1.165, 1.54) is 33.1 Å². The molecule has 0 saturated carbocycles. The zero-order valence-corrected chi connectivity index (χ0v) is 17.9. The van der Waals surface area contributed by atoms with Gasteiger partial charge in [0.1, 0.15) is 10.9 Å². The van der Waals surface area contributed by atoms with E-state index in [1.54, 1.807) is 18.3 Å². The van der Waals surface area contributed by atoms with Crippen molar-refractivity contribution in [3.05, 3.63) is 48.4 Å². The number of rotatable bonds is 8. The van der Waals surface area contributed by atoms with Crippen LogP contribution in [-0.4, -0.2) is 47.9 Å². The molecule has 156 valence electrons. The van der Waals surface area contributed by atoms with Gasteiger partial charge in [-0.05, 0) is 25.1 Å². The summed E-state index contributed by atoms with van der Waals surface area (Å²) in [6.45, 7) is 1.81. The molecular weight excluding hydrogens is 404 g/mol. The molecule has 0 fully saturated rings. The number of carbonyl (C=O) groups excluding carboxylic acids is 1. The molecule has 2 aromatic heterocycles. The van der Waals surface area contributed by atoms with Crippen LogP contribution in [0.4, 0.5) is 5.69 Å². The Bertz CT molecular complexity index is 1010. The summed E-state index contributed by atoms with van der Waals surface area (Å²) in [6, 6.07) is 10.8. The number of methoxy groups -OCH3 is 3. The molecule has 9 heteroatoms. The molecule has 3 aromatic rings. The van der Waals surface area contributed by atoms with Gasteiger partial charge in [0.2, 0.25) is 11.7 Å². The number of thioether (sulfide) groups is 1. The van der Waals surface area contributed by atoms with Crippen molar-refractivity contribution >= 4 is 23.4 Å². The predicted octanol–water partition coefficient (Wildman–Crippen LogP) is 3.60. The maximum absolute atomic E-state index is 12.5. The fourth-order valence-electron chi connectivity index (χ4n) is 2.75. The van der Waals surface area contributed by atoms with E-state index in [2.05, 4.69) is 20.3 Å². The van der Waals surface area contributed by atoms with Gasteiger partial charge < -0.3 is 19.5 Å². The minimum absolute atomic E-state index is 0.175. The molecule has 0 aliphatic carbocycles. The fraction of sp³-hybridized carbons (Fsp3) is 0.238. The van der Waals surface area contributed by atoms with E-state index in [0.29, 0.717) is 33.8 Å². The second kappa shape index (κ2) is 9.93. The molecule has 2 heterocycles. The van der Waals surface area contributed by atoms with Crippen LogP contribution in [0.1, 0.15) is 5.82 Å². The number of ether oxygens (including phenoxy) is 3. The highest BCUT2D eigenvalue weighted by Gasteiger charge is 2.15.